The fourth-order valence-electron chi connectivity index (χ4n) is 9.47. The van der Waals surface area contributed by atoms with Gasteiger partial charge < -0.3 is 8.98 Å². The molecule has 12 rings (SSSR count). The van der Waals surface area contributed by atoms with E-state index in [1.165, 1.54) is 65.6 Å². The third-order valence-electron chi connectivity index (χ3n) is 12.0. The first kappa shape index (κ1) is 32.6. The highest BCUT2D eigenvalue weighted by molar-refractivity contribution is 6.22. The summed E-state index contributed by atoms with van der Waals surface area (Å²) in [5, 5.41) is 9.70. The van der Waals surface area contributed by atoms with E-state index in [1.807, 2.05) is 0 Å². The summed E-state index contributed by atoms with van der Waals surface area (Å²) in [5.74, 6) is 0. The van der Waals surface area contributed by atoms with Crippen molar-refractivity contribution in [2.45, 2.75) is 0 Å². The zero-order chi connectivity index (χ0) is 38.2. The molecule has 2 nitrogen and oxygen atoms in total. The van der Waals surface area contributed by atoms with Crippen molar-refractivity contribution in [3.63, 3.8) is 0 Å². The molecule has 0 bridgehead atoms. The average molecular weight is 738 g/mol. The van der Waals surface area contributed by atoms with Crippen LogP contribution in [0.2, 0.25) is 0 Å². The van der Waals surface area contributed by atoms with Crippen LogP contribution in [0.3, 0.4) is 0 Å². The molecule has 0 atom stereocenters. The second kappa shape index (κ2) is 12.9. The normalized spacial score (nSPS) is 11.8. The SMILES string of the molecule is c1ccc(-c2c3ccccc3c(-c3cccc(-n4c5ccccc5c5cc(-c6cccc7c6oc6c(-c8ccccc8)cccc67)ccc54)c3)c3ccccc23)cc1. The van der Waals surface area contributed by atoms with Crippen LogP contribution in [0, 0.1) is 0 Å². The van der Waals surface area contributed by atoms with Crippen molar-refractivity contribution < 1.29 is 4.42 Å². The van der Waals surface area contributed by atoms with E-state index in [2.05, 4.69) is 217 Å². The fourth-order valence-corrected chi connectivity index (χ4v) is 9.47. The van der Waals surface area contributed by atoms with E-state index < -0.39 is 0 Å². The predicted octanol–water partition coefficient (Wildman–Crippen LogP) is 15.7. The molecule has 0 saturated heterocycles. The molecule has 2 aromatic heterocycles. The van der Waals surface area contributed by atoms with Gasteiger partial charge in [-0.1, -0.05) is 182 Å². The number of nitrogens with zero attached hydrogens (tertiary/aromatic N) is 1. The average Bonchev–Trinajstić information content (AvgIpc) is 3.85. The van der Waals surface area contributed by atoms with Gasteiger partial charge in [-0.15, -0.1) is 0 Å². The maximum Gasteiger partial charge on any atom is 0.143 e. The van der Waals surface area contributed by atoms with Crippen LogP contribution >= 0.6 is 0 Å². The number of rotatable bonds is 5. The molecule has 2 heteroatoms. The summed E-state index contributed by atoms with van der Waals surface area (Å²) >= 11 is 0. The van der Waals surface area contributed by atoms with Crippen LogP contribution < -0.4 is 0 Å². The predicted molar refractivity (Wildman–Crippen MR) is 245 cm³/mol. The molecule has 0 aliphatic heterocycles. The van der Waals surface area contributed by atoms with Crippen LogP contribution in [0.25, 0.3) is 115 Å². The van der Waals surface area contributed by atoms with Gasteiger partial charge in [0.25, 0.3) is 0 Å². The molecule has 0 aliphatic carbocycles. The molecule has 0 aliphatic rings. The Morgan fingerprint density at radius 3 is 1.38 bits per heavy atom. The third-order valence-corrected chi connectivity index (χ3v) is 12.0. The second-order valence-corrected chi connectivity index (χ2v) is 15.2. The Hall–Kier alpha value is -7.68. The summed E-state index contributed by atoms with van der Waals surface area (Å²) in [6, 6.07) is 76.8. The van der Waals surface area contributed by atoms with Gasteiger partial charge in [-0.05, 0) is 85.3 Å². The smallest absolute Gasteiger partial charge is 0.143 e. The first-order valence-electron chi connectivity index (χ1n) is 19.9. The van der Waals surface area contributed by atoms with Gasteiger partial charge in [0.05, 0.1) is 11.0 Å². The van der Waals surface area contributed by atoms with Gasteiger partial charge in [0.2, 0.25) is 0 Å². The quantitative estimate of drug-likeness (QED) is 0.161. The number of hydrogen-bond acceptors (Lipinski definition) is 1. The van der Waals surface area contributed by atoms with Crippen LogP contribution in [-0.4, -0.2) is 4.57 Å². The zero-order valence-corrected chi connectivity index (χ0v) is 31.6. The van der Waals surface area contributed by atoms with E-state index in [1.54, 1.807) is 0 Å². The topological polar surface area (TPSA) is 18.1 Å². The highest BCUT2D eigenvalue weighted by atomic mass is 16.3. The van der Waals surface area contributed by atoms with E-state index in [4.69, 9.17) is 4.42 Å². The number of aromatic nitrogens is 1. The summed E-state index contributed by atoms with van der Waals surface area (Å²) < 4.78 is 9.27. The lowest BCUT2D eigenvalue weighted by Crippen LogP contribution is -1.95. The van der Waals surface area contributed by atoms with Gasteiger partial charge in [-0.3, -0.25) is 0 Å². The van der Waals surface area contributed by atoms with E-state index in [0.29, 0.717) is 0 Å². The molecular weight excluding hydrogens is 703 g/mol. The molecule has 0 N–H and O–H groups in total. The lowest BCUT2D eigenvalue weighted by atomic mass is 9.86. The Balaban J connectivity index is 1.05. The molecule has 0 saturated carbocycles. The molecule has 0 spiro atoms. The Labute approximate surface area is 335 Å². The van der Waals surface area contributed by atoms with E-state index in [9.17, 15) is 0 Å². The molecule has 0 amide bonds. The van der Waals surface area contributed by atoms with Gasteiger partial charge in [-0.2, -0.15) is 0 Å². The number of para-hydroxylation sites is 3. The minimum Gasteiger partial charge on any atom is -0.455 e. The molecule has 2 heterocycles. The standard InChI is InChI=1S/C56H35NO/c1-3-16-36(17-4-1)41-27-14-29-48-49-30-15-28-42(56(49)58-55(41)48)38-32-33-52-50(35-38)43-22-11-12-31-51(43)57(52)40-21-13-20-39(34-40)54-46-25-9-7-23-44(46)53(37-18-5-2-6-19-37)45-24-8-10-26-47(45)54/h1-35H. The summed E-state index contributed by atoms with van der Waals surface area (Å²) in [5.41, 5.74) is 14.7. The van der Waals surface area contributed by atoms with Crippen molar-refractivity contribution in [2.75, 3.05) is 0 Å². The fraction of sp³-hybridized carbons (Fsp3) is 0. The largest absolute Gasteiger partial charge is 0.455 e. The van der Waals surface area contributed by atoms with Crippen molar-refractivity contribution >= 4 is 65.3 Å². The Kier molecular flexibility index (Phi) is 7.26. The first-order valence-corrected chi connectivity index (χ1v) is 19.9. The highest BCUT2D eigenvalue weighted by Crippen LogP contribution is 2.45. The minimum absolute atomic E-state index is 0.911. The van der Waals surface area contributed by atoms with E-state index >= 15 is 0 Å². The van der Waals surface area contributed by atoms with Crippen molar-refractivity contribution in [2.24, 2.45) is 0 Å². The monoisotopic (exact) mass is 737 g/mol. The molecule has 270 valence electrons. The van der Waals surface area contributed by atoms with E-state index in [-0.39, 0.29) is 0 Å². The number of benzene rings is 10. The first-order chi connectivity index (χ1) is 28.8. The van der Waals surface area contributed by atoms with Crippen molar-refractivity contribution in [1.29, 1.82) is 0 Å². The van der Waals surface area contributed by atoms with Crippen LogP contribution in [0.4, 0.5) is 0 Å². The van der Waals surface area contributed by atoms with Crippen LogP contribution in [0.1, 0.15) is 0 Å². The van der Waals surface area contributed by atoms with Crippen LogP contribution in [0.5, 0.6) is 0 Å². The molecular formula is C56H35NO. The molecule has 58 heavy (non-hydrogen) atoms. The van der Waals surface area contributed by atoms with Gasteiger partial charge in [0, 0.05) is 38.4 Å². The van der Waals surface area contributed by atoms with Crippen molar-refractivity contribution in [3.05, 3.63) is 212 Å². The lowest BCUT2D eigenvalue weighted by molar-refractivity contribution is 0.671. The number of hydrogen-bond donors (Lipinski definition) is 0. The van der Waals surface area contributed by atoms with Gasteiger partial charge in [0.15, 0.2) is 0 Å². The molecule has 0 unspecified atom stereocenters. The second-order valence-electron chi connectivity index (χ2n) is 15.2. The summed E-state index contributed by atoms with van der Waals surface area (Å²) in [4.78, 5) is 0. The Morgan fingerprint density at radius 2 is 0.741 bits per heavy atom. The van der Waals surface area contributed by atoms with Crippen LogP contribution in [-0.2, 0) is 0 Å². The van der Waals surface area contributed by atoms with Crippen LogP contribution in [0.15, 0.2) is 217 Å². The summed E-state index contributed by atoms with van der Waals surface area (Å²) in [7, 11) is 0. The van der Waals surface area contributed by atoms with Crippen molar-refractivity contribution in [1.82, 2.24) is 4.57 Å². The molecule has 0 fully saturated rings. The maximum absolute atomic E-state index is 6.84. The molecule has 10 aromatic carbocycles. The van der Waals surface area contributed by atoms with Gasteiger partial charge >= 0.3 is 0 Å². The Morgan fingerprint density at radius 1 is 0.276 bits per heavy atom. The third kappa shape index (κ3) is 4.92. The Bertz CT molecular complexity index is 3500. The number of furan rings is 1. The minimum atomic E-state index is 0.911. The number of fused-ring (bicyclic) bond motifs is 8. The lowest BCUT2D eigenvalue weighted by Gasteiger charge is -2.18. The summed E-state index contributed by atoms with van der Waals surface area (Å²) in [6.45, 7) is 0. The molecule has 0 radical (unpaired) electrons. The van der Waals surface area contributed by atoms with Crippen molar-refractivity contribution in [3.8, 4) is 50.2 Å². The van der Waals surface area contributed by atoms with Gasteiger partial charge in [0.1, 0.15) is 11.2 Å². The molecule has 12 aromatic rings. The zero-order valence-electron chi connectivity index (χ0n) is 31.6. The highest BCUT2D eigenvalue weighted by Gasteiger charge is 2.20. The summed E-state index contributed by atoms with van der Waals surface area (Å²) in [6.07, 6.45) is 0. The maximum atomic E-state index is 6.84. The van der Waals surface area contributed by atoms with Gasteiger partial charge in [-0.25, -0.2) is 0 Å². The van der Waals surface area contributed by atoms with E-state index in [0.717, 1.165) is 49.9 Å².